The number of thiazole rings is 1. The van der Waals surface area contributed by atoms with Gasteiger partial charge in [-0.3, -0.25) is 0 Å². The molecule has 0 radical (unpaired) electrons. The van der Waals surface area contributed by atoms with Crippen molar-refractivity contribution >= 4 is 28.8 Å². The first-order valence-electron chi connectivity index (χ1n) is 5.76. The van der Waals surface area contributed by atoms with E-state index in [2.05, 4.69) is 22.2 Å². The first-order valence-corrected chi connectivity index (χ1v) is 6.58. The highest BCUT2D eigenvalue weighted by Gasteiger charge is 2.12. The number of carboxylic acid groups (broad SMARTS) is 1. The number of hydrogen-bond acceptors (Lipinski definition) is 6. The Morgan fingerprint density at radius 2 is 2.26 bits per heavy atom. The standard InChI is InChI=1S/C12H14N4O2S/c1-2-8-5-14-10(19-8)6-16-11-9(12(17)18)3-7(13)4-15-11/h3-5H,2,6,13H2,1H3,(H,15,16)(H,17,18). The molecule has 0 bridgehead atoms. The number of anilines is 2. The fourth-order valence-corrected chi connectivity index (χ4v) is 2.34. The minimum Gasteiger partial charge on any atom is -0.478 e. The lowest BCUT2D eigenvalue weighted by molar-refractivity contribution is 0.0697. The van der Waals surface area contributed by atoms with Crippen molar-refractivity contribution in [1.82, 2.24) is 9.97 Å². The van der Waals surface area contributed by atoms with Crippen LogP contribution in [0.5, 0.6) is 0 Å². The second-order valence-electron chi connectivity index (χ2n) is 3.90. The molecule has 0 fully saturated rings. The number of nitrogens with one attached hydrogen (secondary N) is 1. The second-order valence-corrected chi connectivity index (χ2v) is 5.10. The average molecular weight is 278 g/mol. The maximum absolute atomic E-state index is 11.1. The molecule has 0 aliphatic heterocycles. The second kappa shape index (κ2) is 5.66. The Morgan fingerprint density at radius 1 is 1.47 bits per heavy atom. The topological polar surface area (TPSA) is 101 Å². The highest BCUT2D eigenvalue weighted by Crippen LogP contribution is 2.18. The average Bonchev–Trinajstić information content (AvgIpc) is 2.85. The lowest BCUT2D eigenvalue weighted by Gasteiger charge is -2.07. The van der Waals surface area contributed by atoms with Crippen LogP contribution in [0.1, 0.15) is 27.2 Å². The van der Waals surface area contributed by atoms with E-state index in [4.69, 9.17) is 10.8 Å². The third kappa shape index (κ3) is 3.19. The fraction of sp³-hybridized carbons (Fsp3) is 0.250. The van der Waals surface area contributed by atoms with Gasteiger partial charge in [0.15, 0.2) is 0 Å². The van der Waals surface area contributed by atoms with Crippen LogP contribution in [0.2, 0.25) is 0 Å². The van der Waals surface area contributed by atoms with Crippen LogP contribution in [0.25, 0.3) is 0 Å². The van der Waals surface area contributed by atoms with Gasteiger partial charge in [-0.15, -0.1) is 11.3 Å². The van der Waals surface area contributed by atoms with Gasteiger partial charge in [0, 0.05) is 11.1 Å². The molecule has 0 saturated carbocycles. The molecule has 0 unspecified atom stereocenters. The summed E-state index contributed by atoms with van der Waals surface area (Å²) in [7, 11) is 0. The van der Waals surface area contributed by atoms with Crippen LogP contribution in [0.4, 0.5) is 11.5 Å². The minimum atomic E-state index is -1.06. The molecule has 6 nitrogen and oxygen atoms in total. The van der Waals surface area contributed by atoms with Gasteiger partial charge in [-0.2, -0.15) is 0 Å². The summed E-state index contributed by atoms with van der Waals surface area (Å²) in [6, 6.07) is 1.39. The van der Waals surface area contributed by atoms with Crippen molar-refractivity contribution in [2.24, 2.45) is 0 Å². The summed E-state index contributed by atoms with van der Waals surface area (Å²) in [6.45, 7) is 2.51. The lowest BCUT2D eigenvalue weighted by Crippen LogP contribution is -2.09. The minimum absolute atomic E-state index is 0.0623. The van der Waals surface area contributed by atoms with Gasteiger partial charge in [-0.25, -0.2) is 14.8 Å². The van der Waals surface area contributed by atoms with Crippen molar-refractivity contribution in [3.8, 4) is 0 Å². The van der Waals surface area contributed by atoms with Crippen LogP contribution >= 0.6 is 11.3 Å². The zero-order valence-corrected chi connectivity index (χ0v) is 11.2. The Kier molecular flexibility index (Phi) is 3.96. The molecular weight excluding hydrogens is 264 g/mol. The molecule has 2 heterocycles. The molecule has 4 N–H and O–H groups in total. The highest BCUT2D eigenvalue weighted by atomic mass is 32.1. The van der Waals surface area contributed by atoms with Crippen molar-refractivity contribution in [2.75, 3.05) is 11.1 Å². The van der Waals surface area contributed by atoms with E-state index in [1.165, 1.54) is 17.1 Å². The van der Waals surface area contributed by atoms with E-state index in [-0.39, 0.29) is 5.56 Å². The van der Waals surface area contributed by atoms with Crippen LogP contribution in [0.15, 0.2) is 18.5 Å². The Morgan fingerprint density at radius 3 is 2.89 bits per heavy atom. The summed E-state index contributed by atoms with van der Waals surface area (Å²) < 4.78 is 0. The van der Waals surface area contributed by atoms with Crippen molar-refractivity contribution in [3.63, 3.8) is 0 Å². The maximum Gasteiger partial charge on any atom is 0.339 e. The molecule has 2 aromatic rings. The van der Waals surface area contributed by atoms with Crippen molar-refractivity contribution < 1.29 is 9.90 Å². The number of nitrogens with zero attached hydrogens (tertiary/aromatic N) is 2. The van der Waals surface area contributed by atoms with E-state index in [0.29, 0.717) is 18.1 Å². The van der Waals surface area contributed by atoms with Crippen molar-refractivity contribution in [1.29, 1.82) is 0 Å². The van der Waals surface area contributed by atoms with Crippen LogP contribution in [-0.4, -0.2) is 21.0 Å². The third-order valence-electron chi connectivity index (χ3n) is 2.50. The first kappa shape index (κ1) is 13.3. The molecule has 0 aliphatic rings. The Hall–Kier alpha value is -2.15. The van der Waals surface area contributed by atoms with Gasteiger partial charge in [0.1, 0.15) is 16.4 Å². The molecule has 19 heavy (non-hydrogen) atoms. The number of aryl methyl sites for hydroxylation is 1. The van der Waals surface area contributed by atoms with Gasteiger partial charge in [-0.1, -0.05) is 6.92 Å². The van der Waals surface area contributed by atoms with E-state index >= 15 is 0 Å². The summed E-state index contributed by atoms with van der Waals surface area (Å²) in [5.74, 6) is -0.759. The molecular formula is C12H14N4O2S. The van der Waals surface area contributed by atoms with Gasteiger partial charge >= 0.3 is 5.97 Å². The summed E-state index contributed by atoms with van der Waals surface area (Å²) in [5.41, 5.74) is 5.92. The predicted molar refractivity (Wildman–Crippen MR) is 74.4 cm³/mol. The van der Waals surface area contributed by atoms with Crippen LogP contribution in [-0.2, 0) is 13.0 Å². The summed E-state index contributed by atoms with van der Waals surface area (Å²) >= 11 is 1.60. The lowest BCUT2D eigenvalue weighted by atomic mass is 10.2. The zero-order valence-electron chi connectivity index (χ0n) is 10.4. The van der Waals surface area contributed by atoms with E-state index in [9.17, 15) is 4.79 Å². The normalized spacial score (nSPS) is 10.4. The van der Waals surface area contributed by atoms with Gasteiger partial charge in [-0.05, 0) is 12.5 Å². The number of rotatable bonds is 5. The van der Waals surface area contributed by atoms with Crippen molar-refractivity contribution in [3.05, 3.63) is 33.9 Å². The molecule has 2 aromatic heterocycles. The van der Waals surface area contributed by atoms with Gasteiger partial charge in [0.2, 0.25) is 0 Å². The molecule has 100 valence electrons. The van der Waals surface area contributed by atoms with Crippen LogP contribution in [0.3, 0.4) is 0 Å². The Bertz CT molecular complexity index is 597. The molecule has 0 spiro atoms. The molecule has 0 amide bonds. The molecule has 2 rings (SSSR count). The summed E-state index contributed by atoms with van der Waals surface area (Å²) in [6.07, 6.45) is 4.20. The summed E-state index contributed by atoms with van der Waals surface area (Å²) in [5, 5.41) is 13.0. The van der Waals surface area contributed by atoms with Gasteiger partial charge in [0.05, 0.1) is 18.4 Å². The third-order valence-corrected chi connectivity index (χ3v) is 3.64. The number of nitrogens with two attached hydrogens (primary N) is 1. The van der Waals surface area contributed by atoms with E-state index < -0.39 is 5.97 Å². The quantitative estimate of drug-likeness (QED) is 0.773. The van der Waals surface area contributed by atoms with E-state index in [0.717, 1.165) is 11.4 Å². The largest absolute Gasteiger partial charge is 0.478 e. The zero-order chi connectivity index (χ0) is 13.8. The first-order chi connectivity index (χ1) is 9.10. The number of aromatic carboxylic acids is 1. The van der Waals surface area contributed by atoms with E-state index in [1.54, 1.807) is 11.3 Å². The smallest absolute Gasteiger partial charge is 0.339 e. The van der Waals surface area contributed by atoms with Gasteiger partial charge in [0.25, 0.3) is 0 Å². The molecule has 0 atom stereocenters. The predicted octanol–water partition coefficient (Wildman–Crippen LogP) is 1.99. The SMILES string of the molecule is CCc1cnc(CNc2ncc(N)cc2C(=O)O)s1. The number of nitrogen functional groups attached to an aromatic ring is 1. The molecule has 0 aliphatic carbocycles. The number of carboxylic acids is 1. The highest BCUT2D eigenvalue weighted by molar-refractivity contribution is 7.11. The Balaban J connectivity index is 2.12. The number of hydrogen-bond donors (Lipinski definition) is 3. The molecule has 0 aromatic carbocycles. The molecule has 7 heteroatoms. The number of aromatic nitrogens is 2. The van der Waals surface area contributed by atoms with E-state index in [1.807, 2.05) is 6.20 Å². The van der Waals surface area contributed by atoms with Gasteiger partial charge < -0.3 is 16.2 Å². The molecule has 0 saturated heterocycles. The van der Waals surface area contributed by atoms with Crippen molar-refractivity contribution in [2.45, 2.75) is 19.9 Å². The fourth-order valence-electron chi connectivity index (χ4n) is 1.54. The number of pyridine rings is 1. The van der Waals surface area contributed by atoms with Crippen LogP contribution in [0, 0.1) is 0 Å². The Labute approximate surface area is 114 Å². The summed E-state index contributed by atoms with van der Waals surface area (Å²) in [4.78, 5) is 20.5. The maximum atomic E-state index is 11.1. The number of carbonyl (C=O) groups is 1. The van der Waals surface area contributed by atoms with Crippen LogP contribution < -0.4 is 11.1 Å². The monoisotopic (exact) mass is 278 g/mol.